The Morgan fingerprint density at radius 3 is 2.87 bits per heavy atom. The number of aldehydes is 1. The number of allylic oxidation sites excluding steroid dienone is 1. The predicted octanol–water partition coefficient (Wildman–Crippen LogP) is 2.02. The lowest BCUT2D eigenvalue weighted by Gasteiger charge is -2.37. The maximum atomic E-state index is 11.1. The van der Waals surface area contributed by atoms with Crippen LogP contribution in [0.4, 0.5) is 0 Å². The van der Waals surface area contributed by atoms with Gasteiger partial charge in [-0.25, -0.2) is 9.79 Å². The number of aliphatic carboxylic acids is 1. The van der Waals surface area contributed by atoms with E-state index in [1.54, 1.807) is 32.4 Å². The van der Waals surface area contributed by atoms with Crippen LogP contribution in [0.3, 0.4) is 0 Å². The van der Waals surface area contributed by atoms with Crippen molar-refractivity contribution in [3.05, 3.63) is 45.9 Å². The first-order valence-corrected chi connectivity index (χ1v) is 9.63. The highest BCUT2D eigenvalue weighted by Gasteiger charge is 2.28. The number of rotatable bonds is 3. The summed E-state index contributed by atoms with van der Waals surface area (Å²) in [6.07, 6.45) is 6.75. The van der Waals surface area contributed by atoms with Gasteiger partial charge in [0.05, 0.1) is 22.4 Å². The van der Waals surface area contributed by atoms with Gasteiger partial charge >= 0.3 is 5.97 Å². The van der Waals surface area contributed by atoms with Gasteiger partial charge in [0.15, 0.2) is 6.29 Å². The number of carboxylic acid groups (broad SMARTS) is 1. The molecule has 1 aromatic rings. The number of methoxy groups -OCH3 is 1. The zero-order chi connectivity index (χ0) is 22.3. The number of halogens is 1. The average molecular weight is 434 g/mol. The molecule has 1 saturated heterocycles. The molecule has 1 fully saturated rings. The second kappa shape index (κ2) is 10.7. The van der Waals surface area contributed by atoms with Gasteiger partial charge in [-0.2, -0.15) is 5.26 Å². The standard InChI is InChI=1S/C13H19N3O3.C7H5ClN2O/c1-19-11-8-16(6-4-10(11)14)12-7-9(13(17)18)3-2-5-15-12;1-4-7(8)5(2-9)6(3-11)10-4/h2,5,7,10-11H,3-4,6,8,14H2,1H3,(H,17,18);3,10H,1H3. The van der Waals surface area contributed by atoms with Crippen LogP contribution in [0.25, 0.3) is 0 Å². The van der Waals surface area contributed by atoms with Crippen molar-refractivity contribution < 1.29 is 19.4 Å². The number of nitrogens with zero attached hydrogens (tertiary/aromatic N) is 3. The van der Waals surface area contributed by atoms with Gasteiger partial charge in [0.1, 0.15) is 11.9 Å². The lowest BCUT2D eigenvalue weighted by Crippen LogP contribution is -2.52. The normalized spacial score (nSPS) is 20.8. The number of carbonyl (C=O) groups excluding carboxylic acids is 1. The molecule has 30 heavy (non-hydrogen) atoms. The van der Waals surface area contributed by atoms with Crippen LogP contribution in [0, 0.1) is 18.3 Å². The Bertz CT molecular complexity index is 928. The predicted molar refractivity (Wildman–Crippen MR) is 113 cm³/mol. The first kappa shape index (κ1) is 23.3. The number of piperidine rings is 1. The van der Waals surface area contributed by atoms with Gasteiger partial charge in [-0.05, 0) is 25.8 Å². The summed E-state index contributed by atoms with van der Waals surface area (Å²) in [5.74, 6) is -0.239. The van der Waals surface area contributed by atoms with Crippen molar-refractivity contribution in [3.63, 3.8) is 0 Å². The van der Waals surface area contributed by atoms with Crippen molar-refractivity contribution in [2.24, 2.45) is 10.7 Å². The van der Waals surface area contributed by atoms with E-state index in [0.29, 0.717) is 41.4 Å². The topological polar surface area (TPSA) is 145 Å². The zero-order valence-electron chi connectivity index (χ0n) is 16.8. The van der Waals surface area contributed by atoms with Gasteiger partial charge in [0.25, 0.3) is 0 Å². The molecule has 3 heterocycles. The van der Waals surface area contributed by atoms with Gasteiger partial charge in [0, 0.05) is 43.7 Å². The van der Waals surface area contributed by atoms with Crippen molar-refractivity contribution in [2.45, 2.75) is 31.9 Å². The Hall–Kier alpha value is -2.93. The third kappa shape index (κ3) is 5.57. The first-order chi connectivity index (χ1) is 14.3. The third-order valence-electron chi connectivity index (χ3n) is 4.83. The molecular formula is C20H24ClN5O4. The Balaban J connectivity index is 0.000000248. The van der Waals surface area contributed by atoms with Crippen LogP contribution in [0.5, 0.6) is 0 Å². The van der Waals surface area contributed by atoms with Crippen LogP contribution >= 0.6 is 11.6 Å². The Morgan fingerprint density at radius 2 is 2.30 bits per heavy atom. The Morgan fingerprint density at radius 1 is 1.57 bits per heavy atom. The number of ether oxygens (including phenoxy) is 1. The molecule has 160 valence electrons. The molecule has 0 aliphatic carbocycles. The molecule has 0 amide bonds. The number of nitriles is 1. The summed E-state index contributed by atoms with van der Waals surface area (Å²) >= 11 is 5.68. The highest BCUT2D eigenvalue weighted by atomic mass is 35.5. The number of carbonyl (C=O) groups is 2. The number of nitrogens with one attached hydrogen (secondary N) is 1. The summed E-state index contributed by atoms with van der Waals surface area (Å²) in [5.41, 5.74) is 7.43. The van der Waals surface area contributed by atoms with Crippen LogP contribution in [-0.2, 0) is 9.53 Å². The summed E-state index contributed by atoms with van der Waals surface area (Å²) < 4.78 is 5.35. The van der Waals surface area contributed by atoms with Crippen LogP contribution in [0.15, 0.2) is 28.9 Å². The smallest absolute Gasteiger partial charge is 0.332 e. The molecule has 10 heteroatoms. The molecule has 9 nitrogen and oxygen atoms in total. The maximum Gasteiger partial charge on any atom is 0.332 e. The molecule has 2 unspecified atom stereocenters. The summed E-state index contributed by atoms with van der Waals surface area (Å²) in [5, 5.41) is 18.0. The number of nitrogens with two attached hydrogens (primary N) is 1. The van der Waals surface area contributed by atoms with Crippen molar-refractivity contribution >= 4 is 29.7 Å². The van der Waals surface area contributed by atoms with E-state index < -0.39 is 5.97 Å². The first-order valence-electron chi connectivity index (χ1n) is 9.25. The molecule has 2 aliphatic rings. The minimum Gasteiger partial charge on any atom is -0.478 e. The fourth-order valence-corrected chi connectivity index (χ4v) is 3.29. The van der Waals surface area contributed by atoms with Crippen molar-refractivity contribution in [3.8, 4) is 6.07 Å². The summed E-state index contributed by atoms with van der Waals surface area (Å²) in [6.45, 7) is 3.10. The van der Waals surface area contributed by atoms with E-state index in [0.717, 1.165) is 13.0 Å². The third-order valence-corrected chi connectivity index (χ3v) is 5.31. The van der Waals surface area contributed by atoms with Crippen molar-refractivity contribution in [1.82, 2.24) is 9.88 Å². The van der Waals surface area contributed by atoms with Gasteiger partial charge < -0.3 is 25.5 Å². The Labute approximate surface area is 179 Å². The molecule has 0 bridgehead atoms. The van der Waals surface area contributed by atoms with E-state index >= 15 is 0 Å². The second-order valence-electron chi connectivity index (χ2n) is 6.81. The minimum atomic E-state index is -0.906. The molecule has 0 spiro atoms. The molecular weight excluding hydrogens is 410 g/mol. The molecule has 0 saturated carbocycles. The van der Waals surface area contributed by atoms with Crippen LogP contribution in [0.1, 0.15) is 34.6 Å². The fourth-order valence-electron chi connectivity index (χ4n) is 3.10. The summed E-state index contributed by atoms with van der Waals surface area (Å²) in [4.78, 5) is 30.4. The lowest BCUT2D eigenvalue weighted by atomic mass is 10.0. The maximum absolute atomic E-state index is 11.1. The van der Waals surface area contributed by atoms with Crippen LogP contribution < -0.4 is 5.73 Å². The fraction of sp³-hybridized carbons (Fsp3) is 0.400. The van der Waals surface area contributed by atoms with Crippen LogP contribution in [-0.4, -0.2) is 65.4 Å². The number of carboxylic acids is 1. The molecule has 2 aliphatic heterocycles. The number of aryl methyl sites for hydroxylation is 1. The zero-order valence-corrected chi connectivity index (χ0v) is 17.5. The number of H-pyrrole nitrogens is 1. The van der Waals surface area contributed by atoms with E-state index in [2.05, 4.69) is 9.98 Å². The highest BCUT2D eigenvalue weighted by molar-refractivity contribution is 6.32. The van der Waals surface area contributed by atoms with Crippen LogP contribution in [0.2, 0.25) is 5.02 Å². The number of likely N-dealkylation sites (tertiary alicyclic amines) is 1. The monoisotopic (exact) mass is 433 g/mol. The molecule has 1 aromatic heterocycles. The molecule has 0 aromatic carbocycles. The summed E-state index contributed by atoms with van der Waals surface area (Å²) in [6, 6.07) is 1.86. The second-order valence-corrected chi connectivity index (χ2v) is 7.18. The lowest BCUT2D eigenvalue weighted by molar-refractivity contribution is -0.132. The largest absolute Gasteiger partial charge is 0.478 e. The van der Waals surface area contributed by atoms with Gasteiger partial charge in [0.2, 0.25) is 0 Å². The highest BCUT2D eigenvalue weighted by Crippen LogP contribution is 2.21. The van der Waals surface area contributed by atoms with E-state index in [1.807, 2.05) is 11.0 Å². The van der Waals surface area contributed by atoms with E-state index in [9.17, 15) is 9.59 Å². The number of amidine groups is 1. The van der Waals surface area contributed by atoms with E-state index in [-0.39, 0.29) is 23.4 Å². The van der Waals surface area contributed by atoms with Gasteiger partial charge in [-0.15, -0.1) is 0 Å². The number of hydrogen-bond acceptors (Lipinski definition) is 7. The summed E-state index contributed by atoms with van der Waals surface area (Å²) in [7, 11) is 1.64. The number of aromatic amines is 1. The van der Waals surface area contributed by atoms with Crippen molar-refractivity contribution in [1.29, 1.82) is 5.26 Å². The van der Waals surface area contributed by atoms with Gasteiger partial charge in [-0.3, -0.25) is 4.79 Å². The Kier molecular flexibility index (Phi) is 8.35. The quantitative estimate of drug-likeness (QED) is 0.618. The SMILES string of the molecule is COC1CN(C2=NC=CCC(C(=O)O)=C2)CCC1N.Cc1[nH]c(C=O)c(C#N)c1Cl. The number of hydrogen-bond donors (Lipinski definition) is 3. The minimum absolute atomic E-state index is 0.0195. The van der Waals surface area contributed by atoms with Gasteiger partial charge in [-0.1, -0.05) is 17.7 Å². The van der Waals surface area contributed by atoms with E-state index in [1.165, 1.54) is 0 Å². The molecule has 2 atom stereocenters. The average Bonchev–Trinajstić information content (AvgIpc) is 2.90. The number of aromatic nitrogens is 1. The van der Waals surface area contributed by atoms with E-state index in [4.69, 9.17) is 32.4 Å². The number of aliphatic imine (C=N–C) groups is 1. The molecule has 0 radical (unpaired) electrons. The van der Waals surface area contributed by atoms with Crippen molar-refractivity contribution in [2.75, 3.05) is 20.2 Å². The molecule has 4 N–H and O–H groups in total. The molecule has 3 rings (SSSR count).